The molecule has 1 rings (SSSR count). The first-order valence-electron chi connectivity index (χ1n) is 8.12. The number of methoxy groups -OCH3 is 1. The van der Waals surface area contributed by atoms with Gasteiger partial charge < -0.3 is 10.1 Å². The van der Waals surface area contributed by atoms with E-state index in [0.717, 1.165) is 4.47 Å². The largest absolute Gasteiger partial charge is 0.467 e. The zero-order valence-electron chi connectivity index (χ0n) is 15.7. The lowest BCUT2D eigenvalue weighted by Crippen LogP contribution is -2.41. The third-order valence-electron chi connectivity index (χ3n) is 4.46. The van der Waals surface area contributed by atoms with Crippen LogP contribution in [0.3, 0.4) is 0 Å². The first kappa shape index (κ1) is 21.5. The summed E-state index contributed by atoms with van der Waals surface area (Å²) in [6.07, 6.45) is 0.235. The molecule has 0 spiro atoms. The number of benzene rings is 1. The first-order valence-corrected chi connectivity index (χ1v) is 11.9. The topological polar surface area (TPSA) is 55.4 Å². The Hall–Kier alpha value is -1.58. The van der Waals surface area contributed by atoms with Crippen LogP contribution in [0.15, 0.2) is 28.7 Å². The van der Waals surface area contributed by atoms with E-state index in [1.807, 2.05) is 6.07 Å². The quantitative estimate of drug-likeness (QED) is 0.449. The summed E-state index contributed by atoms with van der Waals surface area (Å²) in [6.45, 7) is 10.9. The average Bonchev–Trinajstić information content (AvgIpc) is 2.51. The normalized spacial score (nSPS) is 12.6. The summed E-state index contributed by atoms with van der Waals surface area (Å²) in [5.74, 6) is 2.28. The fourth-order valence-corrected chi connectivity index (χ4v) is 3.09. The van der Waals surface area contributed by atoms with Crippen LogP contribution in [0, 0.1) is 11.5 Å². The fourth-order valence-electron chi connectivity index (χ4n) is 1.77. The van der Waals surface area contributed by atoms with Gasteiger partial charge in [-0.05, 0) is 23.2 Å². The highest BCUT2D eigenvalue weighted by Gasteiger charge is 2.33. The maximum absolute atomic E-state index is 12.4. The Bertz CT molecular complexity index is 699. The summed E-state index contributed by atoms with van der Waals surface area (Å²) in [5.41, 5.74) is 3.83. The van der Waals surface area contributed by atoms with Gasteiger partial charge in [0.05, 0.1) is 7.11 Å². The number of nitrogens with one attached hydrogen (secondary N) is 1. The molecule has 1 atom stereocenters. The van der Waals surface area contributed by atoms with Gasteiger partial charge >= 0.3 is 5.97 Å². The van der Waals surface area contributed by atoms with Crippen LogP contribution in [0.2, 0.25) is 18.1 Å². The molecule has 6 heteroatoms. The Morgan fingerprint density at radius 1 is 1.32 bits per heavy atom. The molecule has 0 bridgehead atoms. The molecule has 1 amide bonds. The minimum absolute atomic E-state index is 0.139. The highest BCUT2D eigenvalue weighted by Crippen LogP contribution is 2.35. The van der Waals surface area contributed by atoms with Crippen molar-refractivity contribution in [2.75, 3.05) is 7.11 Å². The molecule has 1 N–H and O–H groups in total. The molecule has 25 heavy (non-hydrogen) atoms. The lowest BCUT2D eigenvalue weighted by atomic mass is 10.1. The lowest BCUT2D eigenvalue weighted by Gasteiger charge is -2.31. The molecule has 0 radical (unpaired) electrons. The Morgan fingerprint density at radius 3 is 2.48 bits per heavy atom. The van der Waals surface area contributed by atoms with Gasteiger partial charge in [-0.1, -0.05) is 55.9 Å². The van der Waals surface area contributed by atoms with Crippen molar-refractivity contribution in [3.8, 4) is 11.5 Å². The third kappa shape index (κ3) is 6.33. The Labute approximate surface area is 159 Å². The fraction of sp³-hybridized carbons (Fsp3) is 0.474. The van der Waals surface area contributed by atoms with Crippen LogP contribution in [0.1, 0.15) is 37.6 Å². The summed E-state index contributed by atoms with van der Waals surface area (Å²) < 4.78 is 5.60. The Morgan fingerprint density at radius 2 is 1.96 bits per heavy atom. The molecule has 0 fully saturated rings. The number of ether oxygens (including phenoxy) is 1. The van der Waals surface area contributed by atoms with Gasteiger partial charge in [-0.15, -0.1) is 11.5 Å². The summed E-state index contributed by atoms with van der Waals surface area (Å²) in [6, 6.07) is 6.21. The summed E-state index contributed by atoms with van der Waals surface area (Å²) >= 11 is 3.33. The van der Waals surface area contributed by atoms with Crippen molar-refractivity contribution >= 4 is 35.9 Å². The van der Waals surface area contributed by atoms with Crippen molar-refractivity contribution in [2.45, 2.75) is 51.4 Å². The molecular weight excluding hydrogens is 398 g/mol. The van der Waals surface area contributed by atoms with Crippen LogP contribution in [0.25, 0.3) is 0 Å². The zero-order chi connectivity index (χ0) is 19.3. The molecule has 1 aromatic carbocycles. The predicted octanol–water partition coefficient (Wildman–Crippen LogP) is 4.16. The van der Waals surface area contributed by atoms with Gasteiger partial charge in [0.1, 0.15) is 14.1 Å². The second kappa shape index (κ2) is 8.68. The van der Waals surface area contributed by atoms with E-state index in [2.05, 4.69) is 66.6 Å². The van der Waals surface area contributed by atoms with Crippen molar-refractivity contribution in [3.63, 3.8) is 0 Å². The standard InChI is InChI=1S/C19H26BrNO3Si/c1-19(2,3)25(5,6)12-8-11-16(18(23)24-4)21-17(22)14-9-7-10-15(20)13-14/h7,9-10,13,16H,11H2,1-6H3,(H,21,22)/t16-/m1/s1. The third-order valence-corrected chi connectivity index (χ3v) is 9.50. The number of esters is 1. The predicted molar refractivity (Wildman–Crippen MR) is 107 cm³/mol. The minimum Gasteiger partial charge on any atom is -0.467 e. The molecule has 0 unspecified atom stereocenters. The van der Waals surface area contributed by atoms with Crippen molar-refractivity contribution in [2.24, 2.45) is 0 Å². The van der Waals surface area contributed by atoms with E-state index in [-0.39, 0.29) is 17.4 Å². The highest BCUT2D eigenvalue weighted by molar-refractivity contribution is 9.10. The lowest BCUT2D eigenvalue weighted by molar-refractivity contribution is -0.142. The van der Waals surface area contributed by atoms with Crippen LogP contribution >= 0.6 is 15.9 Å². The van der Waals surface area contributed by atoms with Gasteiger partial charge in [0, 0.05) is 16.5 Å². The molecule has 0 aliphatic rings. The second-order valence-corrected chi connectivity index (χ2v) is 13.4. The number of hydrogen-bond acceptors (Lipinski definition) is 3. The van der Waals surface area contributed by atoms with E-state index in [1.165, 1.54) is 7.11 Å². The molecule has 136 valence electrons. The van der Waals surface area contributed by atoms with E-state index in [0.29, 0.717) is 5.56 Å². The molecule has 4 nitrogen and oxygen atoms in total. The summed E-state index contributed by atoms with van der Waals surface area (Å²) in [7, 11) is -0.453. The molecule has 0 aromatic heterocycles. The van der Waals surface area contributed by atoms with Crippen LogP contribution < -0.4 is 5.32 Å². The SMILES string of the molecule is COC(=O)[C@@H](CC#C[Si](C)(C)C(C)(C)C)NC(=O)c1cccc(Br)c1. The minimum atomic E-state index is -1.76. The van der Waals surface area contributed by atoms with Crippen molar-refractivity contribution in [3.05, 3.63) is 34.3 Å². The van der Waals surface area contributed by atoms with Gasteiger partial charge in [-0.25, -0.2) is 4.79 Å². The number of carbonyl (C=O) groups excluding carboxylic acids is 2. The highest BCUT2D eigenvalue weighted by atomic mass is 79.9. The van der Waals surface area contributed by atoms with E-state index >= 15 is 0 Å². The maximum Gasteiger partial charge on any atom is 0.329 e. The van der Waals surface area contributed by atoms with Gasteiger partial charge in [0.2, 0.25) is 0 Å². The molecule has 0 saturated carbocycles. The van der Waals surface area contributed by atoms with E-state index in [1.54, 1.807) is 18.2 Å². The van der Waals surface area contributed by atoms with E-state index < -0.39 is 20.1 Å². The first-order chi connectivity index (χ1) is 11.5. The number of amides is 1. The number of halogens is 1. The number of hydrogen-bond donors (Lipinski definition) is 1. The summed E-state index contributed by atoms with van der Waals surface area (Å²) in [4.78, 5) is 24.4. The van der Waals surface area contributed by atoms with Gasteiger partial charge in [-0.3, -0.25) is 4.79 Å². The van der Waals surface area contributed by atoms with Crippen LogP contribution in [-0.4, -0.2) is 33.1 Å². The molecule has 0 aliphatic heterocycles. The van der Waals surface area contributed by atoms with Crippen molar-refractivity contribution < 1.29 is 14.3 Å². The molecular formula is C19H26BrNO3Si. The Balaban J connectivity index is 2.90. The molecule has 0 saturated heterocycles. The summed E-state index contributed by atoms with van der Waals surface area (Å²) in [5, 5.41) is 2.85. The maximum atomic E-state index is 12.4. The van der Waals surface area contributed by atoms with Gasteiger partial charge in [0.15, 0.2) is 0 Å². The van der Waals surface area contributed by atoms with Crippen LogP contribution in [0.5, 0.6) is 0 Å². The molecule has 0 heterocycles. The second-order valence-electron chi connectivity index (χ2n) is 7.44. The van der Waals surface area contributed by atoms with Gasteiger partial charge in [0.25, 0.3) is 5.91 Å². The van der Waals surface area contributed by atoms with Crippen molar-refractivity contribution in [1.29, 1.82) is 0 Å². The monoisotopic (exact) mass is 423 g/mol. The van der Waals surface area contributed by atoms with E-state index in [9.17, 15) is 9.59 Å². The Kier molecular flexibility index (Phi) is 7.45. The van der Waals surface area contributed by atoms with Crippen LogP contribution in [-0.2, 0) is 9.53 Å². The van der Waals surface area contributed by atoms with Crippen molar-refractivity contribution in [1.82, 2.24) is 5.32 Å². The van der Waals surface area contributed by atoms with Gasteiger partial charge in [-0.2, -0.15) is 0 Å². The zero-order valence-corrected chi connectivity index (χ0v) is 18.3. The molecule has 1 aromatic rings. The number of rotatable bonds is 4. The smallest absolute Gasteiger partial charge is 0.329 e. The average molecular weight is 424 g/mol. The van der Waals surface area contributed by atoms with E-state index in [4.69, 9.17) is 4.74 Å². The van der Waals surface area contributed by atoms with Crippen LogP contribution in [0.4, 0.5) is 0 Å². The molecule has 0 aliphatic carbocycles. The number of carbonyl (C=O) groups is 2.